The fraction of sp³-hybridized carbons (Fsp3) is 0.308. The third kappa shape index (κ3) is 1.99. The monoisotopic (exact) mass is 240 g/mol. The first-order valence-corrected chi connectivity index (χ1v) is 5.21. The average Bonchev–Trinajstić information content (AvgIpc) is 2.61. The van der Waals surface area contributed by atoms with Gasteiger partial charge in [-0.25, -0.2) is 0 Å². The van der Waals surface area contributed by atoms with Gasteiger partial charge in [-0.05, 0) is 25.5 Å². The maximum absolute atomic E-state index is 12.6. The first kappa shape index (κ1) is 11.9. The molecule has 0 aromatic heterocycles. The van der Waals surface area contributed by atoms with Crippen LogP contribution in [-0.2, 0) is 4.79 Å². The van der Waals surface area contributed by atoms with Crippen LogP contribution in [0.5, 0.6) is 0 Å². The lowest BCUT2D eigenvalue weighted by Gasteiger charge is -2.18. The van der Waals surface area contributed by atoms with Gasteiger partial charge in [-0.1, -0.05) is 23.8 Å². The molecule has 0 heterocycles. The van der Waals surface area contributed by atoms with E-state index in [2.05, 4.69) is 0 Å². The molecule has 17 heavy (non-hydrogen) atoms. The second kappa shape index (κ2) is 3.72. The molecule has 0 saturated heterocycles. The number of halogens is 3. The summed E-state index contributed by atoms with van der Waals surface area (Å²) in [6.07, 6.45) is 1.17. The molecule has 0 amide bonds. The molecule has 0 unspecified atom stereocenters. The highest BCUT2D eigenvalue weighted by molar-refractivity contribution is 5.97. The number of fused-ring (bicyclic) bond motifs is 1. The smallest absolute Gasteiger partial charge is 0.295 e. The van der Waals surface area contributed by atoms with Gasteiger partial charge in [-0.3, -0.25) is 4.79 Å². The van der Waals surface area contributed by atoms with Crippen molar-refractivity contribution in [3.05, 3.63) is 46.6 Å². The van der Waals surface area contributed by atoms with Gasteiger partial charge in [-0.15, -0.1) is 0 Å². The van der Waals surface area contributed by atoms with Crippen molar-refractivity contribution in [3.63, 3.8) is 0 Å². The van der Waals surface area contributed by atoms with Crippen LogP contribution in [0, 0.1) is 5.92 Å². The number of rotatable bonds is 1. The summed E-state index contributed by atoms with van der Waals surface area (Å²) in [5.74, 6) is -0.526. The molecule has 2 aliphatic rings. The van der Waals surface area contributed by atoms with Crippen molar-refractivity contribution in [1.29, 1.82) is 0 Å². The average molecular weight is 240 g/mol. The standard InChI is InChI=1S/C13H11F3O/c1-7-11(8(2)17)4-3-9-5-10(6-12(7)9)13(14,15)16/h3-6,12H,1-2H3/t12-/m1/s1. The van der Waals surface area contributed by atoms with Gasteiger partial charge in [0.25, 0.3) is 0 Å². The molecule has 0 radical (unpaired) electrons. The molecule has 4 heteroatoms. The topological polar surface area (TPSA) is 17.1 Å². The molecule has 1 atom stereocenters. The van der Waals surface area contributed by atoms with E-state index in [0.717, 1.165) is 6.08 Å². The molecular formula is C13H11F3O. The summed E-state index contributed by atoms with van der Waals surface area (Å²) in [7, 11) is 0. The minimum Gasteiger partial charge on any atom is -0.295 e. The Morgan fingerprint density at radius 3 is 2.47 bits per heavy atom. The molecular weight excluding hydrogens is 229 g/mol. The molecule has 2 rings (SSSR count). The number of alkyl halides is 3. The molecule has 0 aliphatic heterocycles. The zero-order valence-corrected chi connectivity index (χ0v) is 9.43. The Hall–Kier alpha value is -1.58. The maximum Gasteiger partial charge on any atom is 0.416 e. The first-order valence-electron chi connectivity index (χ1n) is 5.21. The zero-order valence-electron chi connectivity index (χ0n) is 9.43. The minimum absolute atomic E-state index is 0.119. The predicted octanol–water partition coefficient (Wildman–Crippen LogP) is 3.51. The molecule has 0 bridgehead atoms. The molecule has 0 N–H and O–H groups in total. The fourth-order valence-corrected chi connectivity index (χ4v) is 2.17. The molecule has 2 aliphatic carbocycles. The Morgan fingerprint density at radius 2 is 1.94 bits per heavy atom. The quantitative estimate of drug-likeness (QED) is 0.685. The van der Waals surface area contributed by atoms with Crippen molar-refractivity contribution in [2.45, 2.75) is 20.0 Å². The minimum atomic E-state index is -4.32. The van der Waals surface area contributed by atoms with Crippen LogP contribution in [0.2, 0.25) is 0 Å². The van der Waals surface area contributed by atoms with Crippen LogP contribution in [0.3, 0.4) is 0 Å². The van der Waals surface area contributed by atoms with E-state index in [9.17, 15) is 18.0 Å². The third-order valence-electron chi connectivity index (χ3n) is 3.07. The molecule has 0 aromatic rings. The van der Waals surface area contributed by atoms with Crippen molar-refractivity contribution < 1.29 is 18.0 Å². The Morgan fingerprint density at radius 1 is 1.29 bits per heavy atom. The van der Waals surface area contributed by atoms with Gasteiger partial charge in [0.05, 0.1) is 5.57 Å². The van der Waals surface area contributed by atoms with Crippen LogP contribution in [0.15, 0.2) is 46.6 Å². The molecule has 90 valence electrons. The van der Waals surface area contributed by atoms with Crippen molar-refractivity contribution in [2.24, 2.45) is 5.92 Å². The van der Waals surface area contributed by atoms with Gasteiger partial charge < -0.3 is 0 Å². The molecule has 0 fully saturated rings. The van der Waals surface area contributed by atoms with E-state index in [4.69, 9.17) is 0 Å². The van der Waals surface area contributed by atoms with Crippen LogP contribution in [0.1, 0.15) is 13.8 Å². The number of hydrogen-bond acceptors (Lipinski definition) is 1. The lowest BCUT2D eigenvalue weighted by Crippen LogP contribution is -2.10. The van der Waals surface area contributed by atoms with E-state index in [1.807, 2.05) is 0 Å². The highest BCUT2D eigenvalue weighted by Gasteiger charge is 2.37. The van der Waals surface area contributed by atoms with Crippen LogP contribution < -0.4 is 0 Å². The summed E-state index contributed by atoms with van der Waals surface area (Å²) in [4.78, 5) is 11.3. The Kier molecular flexibility index (Phi) is 2.60. The lowest BCUT2D eigenvalue weighted by molar-refractivity contribution is -0.113. The van der Waals surface area contributed by atoms with Gasteiger partial charge in [0.2, 0.25) is 0 Å². The third-order valence-corrected chi connectivity index (χ3v) is 3.07. The van der Waals surface area contributed by atoms with Gasteiger partial charge >= 0.3 is 6.18 Å². The van der Waals surface area contributed by atoms with E-state index in [-0.39, 0.29) is 5.78 Å². The normalized spacial score (nSPS) is 23.5. The van der Waals surface area contributed by atoms with Gasteiger partial charge in [0.15, 0.2) is 5.78 Å². The van der Waals surface area contributed by atoms with Gasteiger partial charge in [0.1, 0.15) is 0 Å². The van der Waals surface area contributed by atoms with E-state index < -0.39 is 17.7 Å². The fourth-order valence-electron chi connectivity index (χ4n) is 2.17. The van der Waals surface area contributed by atoms with Crippen LogP contribution >= 0.6 is 0 Å². The summed E-state index contributed by atoms with van der Waals surface area (Å²) in [5, 5.41) is 0. The predicted molar refractivity (Wildman–Crippen MR) is 58.2 cm³/mol. The van der Waals surface area contributed by atoms with Gasteiger partial charge in [0, 0.05) is 11.5 Å². The molecule has 0 aromatic carbocycles. The first-order chi connectivity index (χ1) is 7.80. The van der Waals surface area contributed by atoms with Gasteiger partial charge in [-0.2, -0.15) is 13.2 Å². The zero-order chi connectivity index (χ0) is 12.8. The summed E-state index contributed by atoms with van der Waals surface area (Å²) < 4.78 is 37.7. The van der Waals surface area contributed by atoms with E-state index in [1.54, 1.807) is 19.1 Å². The van der Waals surface area contributed by atoms with Crippen LogP contribution in [0.25, 0.3) is 0 Å². The Bertz CT molecular complexity index is 501. The SMILES string of the molecule is CC(=O)C1=C(C)[C@H]2C=C(C(F)(F)F)C=C2C=C1. The summed E-state index contributed by atoms with van der Waals surface area (Å²) >= 11 is 0. The number of carbonyl (C=O) groups excluding carboxylic acids is 1. The Labute approximate surface area is 97.0 Å². The van der Waals surface area contributed by atoms with Crippen molar-refractivity contribution in [1.82, 2.24) is 0 Å². The van der Waals surface area contributed by atoms with Crippen LogP contribution in [-0.4, -0.2) is 12.0 Å². The summed E-state index contributed by atoms with van der Waals surface area (Å²) in [6, 6.07) is 0. The maximum atomic E-state index is 12.6. The number of allylic oxidation sites excluding steroid dienone is 8. The largest absolute Gasteiger partial charge is 0.416 e. The lowest BCUT2D eigenvalue weighted by atomic mass is 9.85. The Balaban J connectivity index is 2.44. The second-order valence-corrected chi connectivity index (χ2v) is 4.23. The number of hydrogen-bond donors (Lipinski definition) is 0. The number of ketones is 1. The molecule has 0 spiro atoms. The number of carbonyl (C=O) groups is 1. The highest BCUT2D eigenvalue weighted by Crippen LogP contribution is 2.41. The second-order valence-electron chi connectivity index (χ2n) is 4.23. The van der Waals surface area contributed by atoms with Crippen molar-refractivity contribution in [3.8, 4) is 0 Å². The summed E-state index contributed by atoms with van der Waals surface area (Å²) in [6.45, 7) is 3.12. The van der Waals surface area contributed by atoms with E-state index in [0.29, 0.717) is 16.7 Å². The van der Waals surface area contributed by atoms with Crippen LogP contribution in [0.4, 0.5) is 13.2 Å². The van der Waals surface area contributed by atoms with Crippen molar-refractivity contribution in [2.75, 3.05) is 0 Å². The molecule has 1 nitrogen and oxygen atoms in total. The van der Waals surface area contributed by atoms with Crippen molar-refractivity contribution >= 4 is 5.78 Å². The summed E-state index contributed by atoms with van der Waals surface area (Å²) in [5.41, 5.74) is 1.16. The van der Waals surface area contributed by atoms with E-state index in [1.165, 1.54) is 13.0 Å². The van der Waals surface area contributed by atoms with E-state index >= 15 is 0 Å². The highest BCUT2D eigenvalue weighted by atomic mass is 19.4. The molecule has 0 saturated carbocycles. The number of Topliss-reactive ketones (excluding diaryl/α,β-unsaturated/α-hetero) is 1.